The Morgan fingerprint density at radius 3 is 2.39 bits per heavy atom. The second kappa shape index (κ2) is 8.48. The summed E-state index contributed by atoms with van der Waals surface area (Å²) >= 11 is 0. The van der Waals surface area contributed by atoms with Crippen molar-refractivity contribution in [3.8, 4) is 0 Å². The Balaban J connectivity index is 1.58. The normalized spacial score (nSPS) is 16.7. The minimum absolute atomic E-state index is 0.203. The SMILES string of the molecule is O=C(N[C@@H](C(=O)NC1CN(S(=O)(=O)O)C1=O)c1ccccc1)c1cc2ccccc2oc1=O. The Kier molecular flexibility index (Phi) is 5.70. The molecule has 3 amide bonds. The van der Waals surface area contributed by atoms with Crippen LogP contribution in [-0.2, 0) is 19.9 Å². The maximum absolute atomic E-state index is 12.9. The number of para-hydroxylation sites is 1. The van der Waals surface area contributed by atoms with Crippen molar-refractivity contribution in [2.75, 3.05) is 6.54 Å². The van der Waals surface area contributed by atoms with Gasteiger partial charge in [0.15, 0.2) is 0 Å². The van der Waals surface area contributed by atoms with Crippen molar-refractivity contribution < 1.29 is 31.8 Å². The van der Waals surface area contributed by atoms with Crippen LogP contribution in [0.5, 0.6) is 0 Å². The van der Waals surface area contributed by atoms with E-state index < -0.39 is 52.3 Å². The van der Waals surface area contributed by atoms with E-state index in [4.69, 9.17) is 8.97 Å². The van der Waals surface area contributed by atoms with E-state index in [9.17, 15) is 27.6 Å². The number of nitrogens with zero attached hydrogens (tertiary/aromatic N) is 1. The summed E-state index contributed by atoms with van der Waals surface area (Å²) in [5, 5.41) is 5.31. The molecule has 3 N–H and O–H groups in total. The number of hydrogen-bond donors (Lipinski definition) is 3. The fourth-order valence-corrected chi connectivity index (χ4v) is 4.03. The van der Waals surface area contributed by atoms with E-state index in [-0.39, 0.29) is 9.87 Å². The molecule has 0 aliphatic carbocycles. The first-order valence-electron chi connectivity index (χ1n) is 9.63. The number of β-lactam (4-membered cyclic amide) rings is 1. The van der Waals surface area contributed by atoms with E-state index in [1.807, 2.05) is 0 Å². The largest absolute Gasteiger partial charge is 0.422 e. The van der Waals surface area contributed by atoms with Gasteiger partial charge in [-0.2, -0.15) is 8.42 Å². The standard InChI is InChI=1S/C21H17N3O8S/c25-18(14-10-13-8-4-5-9-16(13)32-21(14)28)23-17(12-6-2-1-3-7-12)19(26)22-15-11-24(20(15)27)33(29,30)31/h1-10,15,17H,11H2,(H,22,26)(H,23,25)(H,29,30,31)/t15?,17-/m1/s1. The van der Waals surface area contributed by atoms with Gasteiger partial charge in [-0.05, 0) is 17.7 Å². The molecule has 1 aromatic heterocycles. The number of nitrogens with one attached hydrogen (secondary N) is 2. The highest BCUT2D eigenvalue weighted by Crippen LogP contribution is 2.19. The van der Waals surface area contributed by atoms with Gasteiger partial charge in [0, 0.05) is 5.39 Å². The minimum Gasteiger partial charge on any atom is -0.422 e. The van der Waals surface area contributed by atoms with Crippen LogP contribution in [0.25, 0.3) is 11.0 Å². The van der Waals surface area contributed by atoms with Crippen LogP contribution in [0.4, 0.5) is 0 Å². The smallest absolute Gasteiger partial charge is 0.362 e. The van der Waals surface area contributed by atoms with E-state index in [1.165, 1.54) is 6.07 Å². The lowest BCUT2D eigenvalue weighted by atomic mass is 10.0. The Morgan fingerprint density at radius 2 is 1.73 bits per heavy atom. The average Bonchev–Trinajstić information content (AvgIpc) is 2.78. The van der Waals surface area contributed by atoms with E-state index >= 15 is 0 Å². The molecule has 0 saturated carbocycles. The molecule has 2 atom stereocenters. The summed E-state index contributed by atoms with van der Waals surface area (Å²) in [5.41, 5.74) is -0.564. The second-order valence-electron chi connectivity index (χ2n) is 7.21. The Bertz CT molecular complexity index is 1420. The van der Waals surface area contributed by atoms with E-state index in [0.717, 1.165) is 0 Å². The highest BCUT2D eigenvalue weighted by atomic mass is 32.2. The van der Waals surface area contributed by atoms with Gasteiger partial charge >= 0.3 is 15.9 Å². The van der Waals surface area contributed by atoms with Crippen molar-refractivity contribution in [2.45, 2.75) is 12.1 Å². The van der Waals surface area contributed by atoms with Crippen molar-refractivity contribution >= 4 is 39.0 Å². The van der Waals surface area contributed by atoms with Crippen molar-refractivity contribution in [2.24, 2.45) is 0 Å². The molecule has 1 aliphatic rings. The molecule has 0 bridgehead atoms. The van der Waals surface area contributed by atoms with Gasteiger partial charge in [0.1, 0.15) is 23.2 Å². The monoisotopic (exact) mass is 471 g/mol. The number of benzene rings is 2. The summed E-state index contributed by atoms with van der Waals surface area (Å²) in [6, 6.07) is 13.5. The van der Waals surface area contributed by atoms with Crippen LogP contribution in [0.3, 0.4) is 0 Å². The highest BCUT2D eigenvalue weighted by molar-refractivity contribution is 7.84. The van der Waals surface area contributed by atoms with Gasteiger partial charge in [0.05, 0.1) is 6.54 Å². The summed E-state index contributed by atoms with van der Waals surface area (Å²) in [6.07, 6.45) is 0. The lowest BCUT2D eigenvalue weighted by Gasteiger charge is -2.36. The molecule has 0 spiro atoms. The van der Waals surface area contributed by atoms with Crippen molar-refractivity contribution in [3.05, 3.63) is 82.2 Å². The zero-order valence-corrected chi connectivity index (χ0v) is 17.6. The van der Waals surface area contributed by atoms with Crippen LogP contribution in [-0.4, -0.2) is 47.6 Å². The quantitative estimate of drug-likeness (QED) is 0.264. The van der Waals surface area contributed by atoms with Crippen LogP contribution in [0.2, 0.25) is 0 Å². The first-order chi connectivity index (χ1) is 15.6. The molecule has 1 saturated heterocycles. The third-order valence-corrected chi connectivity index (χ3v) is 5.93. The molecule has 0 radical (unpaired) electrons. The van der Waals surface area contributed by atoms with Crippen molar-refractivity contribution in [1.82, 2.24) is 14.9 Å². The lowest BCUT2D eigenvalue weighted by Crippen LogP contribution is -2.66. The molecular weight excluding hydrogens is 454 g/mol. The van der Waals surface area contributed by atoms with Gasteiger partial charge < -0.3 is 15.1 Å². The van der Waals surface area contributed by atoms with Gasteiger partial charge in [-0.1, -0.05) is 48.5 Å². The van der Waals surface area contributed by atoms with E-state index in [1.54, 1.807) is 54.6 Å². The number of rotatable bonds is 6. The van der Waals surface area contributed by atoms with Crippen LogP contribution >= 0.6 is 0 Å². The molecule has 1 unspecified atom stereocenters. The van der Waals surface area contributed by atoms with Crippen LogP contribution in [0.15, 0.2) is 69.9 Å². The van der Waals surface area contributed by atoms with Gasteiger partial charge in [-0.25, -0.2) is 9.10 Å². The summed E-state index contributed by atoms with van der Waals surface area (Å²) in [7, 11) is -4.72. The fraction of sp³-hybridized carbons (Fsp3) is 0.143. The maximum atomic E-state index is 12.9. The number of carbonyl (C=O) groups is 3. The van der Waals surface area contributed by atoms with E-state index in [2.05, 4.69) is 10.6 Å². The van der Waals surface area contributed by atoms with Crippen molar-refractivity contribution in [1.29, 1.82) is 0 Å². The first kappa shape index (κ1) is 22.2. The van der Waals surface area contributed by atoms with Gasteiger partial charge in [0.25, 0.3) is 11.8 Å². The number of amides is 3. The molecule has 1 aliphatic heterocycles. The first-order valence-corrected chi connectivity index (χ1v) is 11.0. The second-order valence-corrected chi connectivity index (χ2v) is 8.55. The van der Waals surface area contributed by atoms with E-state index in [0.29, 0.717) is 16.5 Å². The number of carbonyl (C=O) groups excluding carboxylic acids is 3. The topological polar surface area (TPSA) is 163 Å². The Hall–Kier alpha value is -4.03. The molecular formula is C21H17N3O8S. The summed E-state index contributed by atoms with van der Waals surface area (Å²) in [6.45, 7) is -0.451. The highest BCUT2D eigenvalue weighted by Gasteiger charge is 2.45. The molecule has 170 valence electrons. The summed E-state index contributed by atoms with van der Waals surface area (Å²) < 4.78 is 36.5. The predicted molar refractivity (Wildman–Crippen MR) is 114 cm³/mol. The number of hydrogen-bond acceptors (Lipinski definition) is 7. The molecule has 11 nitrogen and oxygen atoms in total. The number of fused-ring (bicyclic) bond motifs is 1. The molecule has 3 aromatic rings. The average molecular weight is 471 g/mol. The summed E-state index contributed by atoms with van der Waals surface area (Å²) in [5.74, 6) is -2.70. The van der Waals surface area contributed by atoms with Crippen LogP contribution < -0.4 is 16.3 Å². The molecule has 1 fully saturated rings. The zero-order chi connectivity index (χ0) is 23.8. The predicted octanol–water partition coefficient (Wildman–Crippen LogP) is 0.394. The van der Waals surface area contributed by atoms with Gasteiger partial charge in [-0.15, -0.1) is 0 Å². The lowest BCUT2D eigenvalue weighted by molar-refractivity contribution is -0.141. The minimum atomic E-state index is -4.72. The zero-order valence-electron chi connectivity index (χ0n) is 16.8. The Labute approximate surface area is 186 Å². The third kappa shape index (κ3) is 4.47. The molecule has 4 rings (SSSR count). The maximum Gasteiger partial charge on any atom is 0.362 e. The molecule has 12 heteroatoms. The summed E-state index contributed by atoms with van der Waals surface area (Å²) in [4.78, 5) is 50.0. The van der Waals surface area contributed by atoms with Crippen molar-refractivity contribution in [3.63, 3.8) is 0 Å². The van der Waals surface area contributed by atoms with Crippen LogP contribution in [0, 0.1) is 0 Å². The van der Waals surface area contributed by atoms with Gasteiger partial charge in [-0.3, -0.25) is 18.9 Å². The van der Waals surface area contributed by atoms with Crippen LogP contribution in [0.1, 0.15) is 22.0 Å². The third-order valence-electron chi connectivity index (χ3n) is 5.04. The fourth-order valence-electron chi connectivity index (χ4n) is 3.34. The van der Waals surface area contributed by atoms with Gasteiger partial charge in [0.2, 0.25) is 5.91 Å². The Morgan fingerprint density at radius 1 is 1.06 bits per heavy atom. The molecule has 2 heterocycles. The molecule has 2 aromatic carbocycles. The molecule has 33 heavy (non-hydrogen) atoms.